The molecule has 98 valence electrons. The third kappa shape index (κ3) is 4.24. The molecule has 18 heavy (non-hydrogen) atoms. The van der Waals surface area contributed by atoms with Gasteiger partial charge in [0.2, 0.25) is 0 Å². The van der Waals surface area contributed by atoms with Crippen molar-refractivity contribution in [3.63, 3.8) is 0 Å². The summed E-state index contributed by atoms with van der Waals surface area (Å²) in [5.41, 5.74) is 0.135. The Morgan fingerprint density at radius 2 is 2.11 bits per heavy atom. The Morgan fingerprint density at radius 3 is 2.61 bits per heavy atom. The number of nitrogens with zero attached hydrogens (tertiary/aromatic N) is 1. The number of aromatic nitrogens is 1. The predicted octanol–water partition coefficient (Wildman–Crippen LogP) is 3.00. The highest BCUT2D eigenvalue weighted by atomic mass is 16.6. The molecular weight excluding hydrogens is 230 g/mol. The largest absolute Gasteiger partial charge is 0.444 e. The summed E-state index contributed by atoms with van der Waals surface area (Å²) in [6.07, 6.45) is 3.57. The number of pyridine rings is 1. The molecule has 0 spiro atoms. The van der Waals surface area contributed by atoms with Gasteiger partial charge in [0.05, 0.1) is 11.9 Å². The summed E-state index contributed by atoms with van der Waals surface area (Å²) in [6, 6.07) is 4.23. The third-order valence-corrected chi connectivity index (χ3v) is 2.34. The first-order chi connectivity index (χ1) is 8.42. The van der Waals surface area contributed by atoms with Gasteiger partial charge in [0, 0.05) is 6.04 Å². The molecule has 1 saturated carbocycles. The molecule has 1 fully saturated rings. The van der Waals surface area contributed by atoms with Gasteiger partial charge in [-0.3, -0.25) is 5.32 Å². The van der Waals surface area contributed by atoms with Gasteiger partial charge < -0.3 is 10.1 Å². The molecule has 2 N–H and O–H groups in total. The number of anilines is 2. The Bertz CT molecular complexity index is 419. The van der Waals surface area contributed by atoms with E-state index in [1.54, 1.807) is 6.20 Å². The fourth-order valence-electron chi connectivity index (χ4n) is 1.41. The van der Waals surface area contributed by atoms with Gasteiger partial charge in [-0.2, -0.15) is 0 Å². The van der Waals surface area contributed by atoms with Gasteiger partial charge in [-0.25, -0.2) is 9.78 Å². The van der Waals surface area contributed by atoms with Crippen molar-refractivity contribution in [1.82, 2.24) is 4.98 Å². The molecule has 0 saturated heterocycles. The lowest BCUT2D eigenvalue weighted by atomic mass is 10.2. The molecule has 0 atom stereocenters. The number of rotatable bonds is 3. The van der Waals surface area contributed by atoms with Crippen molar-refractivity contribution in [3.05, 3.63) is 18.3 Å². The zero-order valence-corrected chi connectivity index (χ0v) is 11.0. The van der Waals surface area contributed by atoms with E-state index in [1.165, 1.54) is 12.8 Å². The second-order valence-corrected chi connectivity index (χ2v) is 5.48. The monoisotopic (exact) mass is 249 g/mol. The maximum Gasteiger partial charge on any atom is 0.412 e. The van der Waals surface area contributed by atoms with Crippen molar-refractivity contribution in [2.24, 2.45) is 0 Å². The summed E-state index contributed by atoms with van der Waals surface area (Å²) in [7, 11) is 0. The minimum absolute atomic E-state index is 0.466. The molecule has 0 aliphatic heterocycles. The molecular formula is C13H19N3O2. The molecule has 5 nitrogen and oxygen atoms in total. The average molecular weight is 249 g/mol. The van der Waals surface area contributed by atoms with E-state index in [0.717, 1.165) is 5.82 Å². The molecule has 0 bridgehead atoms. The molecule has 1 aliphatic rings. The fourth-order valence-corrected chi connectivity index (χ4v) is 1.41. The van der Waals surface area contributed by atoms with Crippen molar-refractivity contribution in [2.45, 2.75) is 45.3 Å². The Balaban J connectivity index is 1.87. The maximum atomic E-state index is 11.5. The SMILES string of the molecule is CC(C)(C)OC(=O)Nc1ccc(NC2CC2)nc1. The van der Waals surface area contributed by atoms with Gasteiger partial charge in [-0.1, -0.05) is 0 Å². The lowest BCUT2D eigenvalue weighted by Crippen LogP contribution is -2.27. The lowest BCUT2D eigenvalue weighted by molar-refractivity contribution is 0.0636. The highest BCUT2D eigenvalue weighted by molar-refractivity contribution is 5.84. The van der Waals surface area contributed by atoms with Gasteiger partial charge >= 0.3 is 6.09 Å². The van der Waals surface area contributed by atoms with Gasteiger partial charge in [0.1, 0.15) is 11.4 Å². The number of amides is 1. The standard InChI is InChI=1S/C13H19N3O2/c1-13(2,3)18-12(17)16-10-6-7-11(14-8-10)15-9-4-5-9/h6-9H,4-5H2,1-3H3,(H,14,15)(H,16,17). The van der Waals surface area contributed by atoms with Crippen LogP contribution >= 0.6 is 0 Å². The average Bonchev–Trinajstić information content (AvgIpc) is 3.02. The number of carbonyl (C=O) groups excluding carboxylic acids is 1. The Morgan fingerprint density at radius 1 is 1.39 bits per heavy atom. The van der Waals surface area contributed by atoms with Crippen molar-refractivity contribution in [1.29, 1.82) is 0 Å². The molecule has 5 heteroatoms. The highest BCUT2D eigenvalue weighted by Crippen LogP contribution is 2.24. The lowest BCUT2D eigenvalue weighted by Gasteiger charge is -2.19. The Hall–Kier alpha value is -1.78. The van der Waals surface area contributed by atoms with Gasteiger partial charge in [-0.15, -0.1) is 0 Å². The zero-order chi connectivity index (χ0) is 13.2. The normalized spacial score (nSPS) is 15.1. The van der Waals surface area contributed by atoms with E-state index in [4.69, 9.17) is 4.74 Å². The molecule has 1 aromatic rings. The summed E-state index contributed by atoms with van der Waals surface area (Å²) < 4.78 is 5.15. The molecule has 1 amide bonds. The molecule has 0 radical (unpaired) electrons. The smallest absolute Gasteiger partial charge is 0.412 e. The number of ether oxygens (including phenoxy) is 1. The Labute approximate surface area is 107 Å². The van der Waals surface area contributed by atoms with Crippen molar-refractivity contribution < 1.29 is 9.53 Å². The first-order valence-corrected chi connectivity index (χ1v) is 6.15. The summed E-state index contributed by atoms with van der Waals surface area (Å²) >= 11 is 0. The first kappa shape index (κ1) is 12.7. The van der Waals surface area contributed by atoms with E-state index in [2.05, 4.69) is 15.6 Å². The number of hydrogen-bond donors (Lipinski definition) is 2. The number of nitrogens with one attached hydrogen (secondary N) is 2. The quantitative estimate of drug-likeness (QED) is 0.864. The van der Waals surface area contributed by atoms with Crippen LogP contribution in [0.4, 0.5) is 16.3 Å². The van der Waals surface area contributed by atoms with E-state index in [0.29, 0.717) is 11.7 Å². The zero-order valence-electron chi connectivity index (χ0n) is 11.0. The third-order valence-electron chi connectivity index (χ3n) is 2.34. The molecule has 1 heterocycles. The van der Waals surface area contributed by atoms with E-state index >= 15 is 0 Å². The topological polar surface area (TPSA) is 63.2 Å². The number of hydrogen-bond acceptors (Lipinski definition) is 4. The minimum atomic E-state index is -0.495. The second kappa shape index (κ2) is 4.84. The molecule has 1 aliphatic carbocycles. The summed E-state index contributed by atoms with van der Waals surface area (Å²) in [6.45, 7) is 5.48. The second-order valence-electron chi connectivity index (χ2n) is 5.48. The van der Waals surface area contributed by atoms with E-state index in [9.17, 15) is 4.79 Å². The highest BCUT2D eigenvalue weighted by Gasteiger charge is 2.21. The predicted molar refractivity (Wildman–Crippen MR) is 70.7 cm³/mol. The van der Waals surface area contributed by atoms with E-state index in [-0.39, 0.29) is 0 Å². The molecule has 0 unspecified atom stereocenters. The van der Waals surface area contributed by atoms with Crippen LogP contribution in [0.1, 0.15) is 33.6 Å². The van der Waals surface area contributed by atoms with Crippen LogP contribution in [0, 0.1) is 0 Å². The van der Waals surface area contributed by atoms with Crippen LogP contribution in [0.25, 0.3) is 0 Å². The Kier molecular flexibility index (Phi) is 3.41. The van der Waals surface area contributed by atoms with Crippen LogP contribution in [-0.4, -0.2) is 22.7 Å². The minimum Gasteiger partial charge on any atom is -0.444 e. The van der Waals surface area contributed by atoms with Crippen LogP contribution in [0.3, 0.4) is 0 Å². The number of carbonyl (C=O) groups is 1. The van der Waals surface area contributed by atoms with E-state index in [1.807, 2.05) is 32.9 Å². The molecule has 1 aromatic heterocycles. The van der Waals surface area contributed by atoms with Crippen molar-refractivity contribution >= 4 is 17.6 Å². The summed E-state index contributed by atoms with van der Waals surface area (Å²) in [4.78, 5) is 15.8. The maximum absolute atomic E-state index is 11.5. The fraction of sp³-hybridized carbons (Fsp3) is 0.538. The van der Waals surface area contributed by atoms with Crippen LogP contribution in [0.5, 0.6) is 0 Å². The van der Waals surface area contributed by atoms with Crippen LogP contribution in [0.15, 0.2) is 18.3 Å². The summed E-state index contributed by atoms with van der Waals surface area (Å²) in [5.74, 6) is 0.840. The van der Waals surface area contributed by atoms with Crippen molar-refractivity contribution in [2.75, 3.05) is 10.6 Å². The van der Waals surface area contributed by atoms with Gasteiger partial charge in [-0.05, 0) is 45.7 Å². The van der Waals surface area contributed by atoms with Crippen LogP contribution in [-0.2, 0) is 4.74 Å². The van der Waals surface area contributed by atoms with Gasteiger partial charge in [0.25, 0.3) is 0 Å². The first-order valence-electron chi connectivity index (χ1n) is 6.15. The molecule has 2 rings (SSSR count). The van der Waals surface area contributed by atoms with Crippen LogP contribution in [0.2, 0.25) is 0 Å². The van der Waals surface area contributed by atoms with E-state index < -0.39 is 11.7 Å². The van der Waals surface area contributed by atoms with Crippen molar-refractivity contribution in [3.8, 4) is 0 Å². The van der Waals surface area contributed by atoms with Gasteiger partial charge in [0.15, 0.2) is 0 Å². The molecule has 0 aromatic carbocycles. The van der Waals surface area contributed by atoms with Crippen LogP contribution < -0.4 is 10.6 Å². The summed E-state index contributed by atoms with van der Waals surface area (Å²) in [5, 5.41) is 5.92.